The lowest BCUT2D eigenvalue weighted by Gasteiger charge is -2.15. The van der Waals surface area contributed by atoms with Crippen LogP contribution in [0, 0.1) is 0 Å². The van der Waals surface area contributed by atoms with Crippen LogP contribution in [-0.2, 0) is 0 Å². The van der Waals surface area contributed by atoms with Crippen molar-refractivity contribution in [3.8, 4) is 0 Å². The number of hydrogen-bond acceptors (Lipinski definition) is 4. The van der Waals surface area contributed by atoms with E-state index in [-0.39, 0.29) is 5.91 Å². The minimum atomic E-state index is -0.116. The molecule has 18 heavy (non-hydrogen) atoms. The second kappa shape index (κ2) is 5.09. The molecule has 0 unspecified atom stereocenters. The number of nitrogens with zero attached hydrogens (tertiary/aromatic N) is 4. The van der Waals surface area contributed by atoms with Crippen LogP contribution >= 0.6 is 12.2 Å². The number of amides is 1. The molecule has 0 radical (unpaired) electrons. The highest BCUT2D eigenvalue weighted by atomic mass is 32.1. The SMILES string of the molecule is CN(CCC(N)=S)C(=O)c1cnn2ccncc12. The van der Waals surface area contributed by atoms with E-state index in [9.17, 15) is 4.79 Å². The summed E-state index contributed by atoms with van der Waals surface area (Å²) in [5.74, 6) is -0.116. The molecule has 1 amide bonds. The summed E-state index contributed by atoms with van der Waals surface area (Å²) >= 11 is 4.79. The standard InChI is InChI=1S/C11H13N5OS/c1-15(4-2-10(12)18)11(17)8-6-14-16-5-3-13-7-9(8)16/h3,5-7H,2,4H2,1H3,(H2,12,18). The van der Waals surface area contributed by atoms with Gasteiger partial charge in [-0.25, -0.2) is 4.52 Å². The van der Waals surface area contributed by atoms with Crippen LogP contribution < -0.4 is 5.73 Å². The molecule has 0 bridgehead atoms. The molecule has 0 aliphatic carbocycles. The van der Waals surface area contributed by atoms with Crippen molar-refractivity contribution in [3.63, 3.8) is 0 Å². The average molecular weight is 263 g/mol. The molecule has 2 aromatic heterocycles. The zero-order chi connectivity index (χ0) is 13.1. The Hall–Kier alpha value is -2.02. The summed E-state index contributed by atoms with van der Waals surface area (Å²) in [5.41, 5.74) is 6.62. The lowest BCUT2D eigenvalue weighted by atomic mass is 10.2. The number of thiocarbonyl (C=S) groups is 1. The summed E-state index contributed by atoms with van der Waals surface area (Å²) in [5, 5.41) is 4.10. The van der Waals surface area contributed by atoms with E-state index < -0.39 is 0 Å². The monoisotopic (exact) mass is 263 g/mol. The van der Waals surface area contributed by atoms with E-state index in [1.165, 1.54) is 6.20 Å². The maximum Gasteiger partial charge on any atom is 0.257 e. The van der Waals surface area contributed by atoms with Crippen molar-refractivity contribution in [1.82, 2.24) is 19.5 Å². The van der Waals surface area contributed by atoms with E-state index in [0.29, 0.717) is 29.0 Å². The quantitative estimate of drug-likeness (QED) is 0.812. The zero-order valence-electron chi connectivity index (χ0n) is 9.91. The lowest BCUT2D eigenvalue weighted by molar-refractivity contribution is 0.0801. The maximum atomic E-state index is 12.2. The van der Waals surface area contributed by atoms with Gasteiger partial charge in [0.05, 0.1) is 28.5 Å². The number of nitrogens with two attached hydrogens (primary N) is 1. The van der Waals surface area contributed by atoms with Gasteiger partial charge in [0.2, 0.25) is 0 Å². The highest BCUT2D eigenvalue weighted by molar-refractivity contribution is 7.80. The molecule has 0 aliphatic heterocycles. The average Bonchev–Trinajstić information content (AvgIpc) is 2.78. The molecule has 0 saturated heterocycles. The summed E-state index contributed by atoms with van der Waals surface area (Å²) in [6.07, 6.45) is 6.97. The molecule has 0 spiro atoms. The predicted octanol–water partition coefficient (Wildman–Crippen LogP) is 0.477. The van der Waals surface area contributed by atoms with Crippen LogP contribution in [0.25, 0.3) is 5.52 Å². The third kappa shape index (κ3) is 2.45. The van der Waals surface area contributed by atoms with Crippen molar-refractivity contribution < 1.29 is 4.79 Å². The molecule has 2 aromatic rings. The van der Waals surface area contributed by atoms with Crippen molar-refractivity contribution >= 4 is 28.6 Å². The van der Waals surface area contributed by atoms with E-state index in [4.69, 9.17) is 18.0 Å². The highest BCUT2D eigenvalue weighted by Crippen LogP contribution is 2.11. The van der Waals surface area contributed by atoms with Gasteiger partial charge in [-0.3, -0.25) is 9.78 Å². The predicted molar refractivity (Wildman–Crippen MR) is 71.3 cm³/mol. The number of hydrogen-bond donors (Lipinski definition) is 1. The van der Waals surface area contributed by atoms with Gasteiger partial charge in [-0.1, -0.05) is 12.2 Å². The molecule has 2 N–H and O–H groups in total. The van der Waals surface area contributed by atoms with Crippen molar-refractivity contribution in [2.45, 2.75) is 6.42 Å². The van der Waals surface area contributed by atoms with E-state index >= 15 is 0 Å². The molecule has 2 rings (SSSR count). The summed E-state index contributed by atoms with van der Waals surface area (Å²) in [7, 11) is 1.71. The van der Waals surface area contributed by atoms with Gasteiger partial charge in [0.25, 0.3) is 5.91 Å². The van der Waals surface area contributed by atoms with E-state index in [0.717, 1.165) is 0 Å². The fourth-order valence-electron chi connectivity index (χ4n) is 1.58. The van der Waals surface area contributed by atoms with Crippen LogP contribution in [0.3, 0.4) is 0 Å². The van der Waals surface area contributed by atoms with Crippen LogP contribution in [0.5, 0.6) is 0 Å². The second-order valence-corrected chi connectivity index (χ2v) is 4.43. The smallest absolute Gasteiger partial charge is 0.257 e. The Kier molecular flexibility index (Phi) is 3.52. The van der Waals surface area contributed by atoms with E-state index in [1.807, 2.05) is 0 Å². The Labute approximate surface area is 109 Å². The molecule has 0 atom stereocenters. The second-order valence-electron chi connectivity index (χ2n) is 3.91. The molecule has 0 aromatic carbocycles. The van der Waals surface area contributed by atoms with Gasteiger partial charge in [-0.05, 0) is 0 Å². The zero-order valence-corrected chi connectivity index (χ0v) is 10.7. The Morgan fingerprint density at radius 2 is 2.33 bits per heavy atom. The van der Waals surface area contributed by atoms with Gasteiger partial charge in [0.1, 0.15) is 0 Å². The number of aromatic nitrogens is 3. The normalized spacial score (nSPS) is 10.5. The summed E-state index contributed by atoms with van der Waals surface area (Å²) in [6, 6.07) is 0. The van der Waals surface area contributed by atoms with Crippen LogP contribution in [0.2, 0.25) is 0 Å². The number of fused-ring (bicyclic) bond motifs is 1. The van der Waals surface area contributed by atoms with Crippen molar-refractivity contribution in [2.75, 3.05) is 13.6 Å². The van der Waals surface area contributed by atoms with Crippen LogP contribution in [-0.4, -0.2) is 44.0 Å². The van der Waals surface area contributed by atoms with Gasteiger partial charge in [-0.2, -0.15) is 5.10 Å². The molecular weight excluding hydrogens is 250 g/mol. The van der Waals surface area contributed by atoms with Gasteiger partial charge in [0.15, 0.2) is 0 Å². The topological polar surface area (TPSA) is 76.5 Å². The van der Waals surface area contributed by atoms with Crippen LogP contribution in [0.15, 0.2) is 24.8 Å². The third-order valence-corrected chi connectivity index (χ3v) is 2.80. The minimum absolute atomic E-state index is 0.116. The Bertz CT molecular complexity index is 594. The first-order valence-electron chi connectivity index (χ1n) is 5.40. The Morgan fingerprint density at radius 1 is 1.56 bits per heavy atom. The first-order chi connectivity index (χ1) is 8.59. The Morgan fingerprint density at radius 3 is 3.06 bits per heavy atom. The first-order valence-corrected chi connectivity index (χ1v) is 5.81. The van der Waals surface area contributed by atoms with E-state index in [2.05, 4.69) is 10.1 Å². The largest absolute Gasteiger partial charge is 0.393 e. The van der Waals surface area contributed by atoms with Gasteiger partial charge in [-0.15, -0.1) is 0 Å². The lowest BCUT2D eigenvalue weighted by Crippen LogP contribution is -2.29. The van der Waals surface area contributed by atoms with Gasteiger partial charge < -0.3 is 10.6 Å². The molecule has 94 valence electrons. The third-order valence-electron chi connectivity index (χ3n) is 2.60. The molecule has 0 aliphatic rings. The first kappa shape index (κ1) is 12.4. The highest BCUT2D eigenvalue weighted by Gasteiger charge is 2.16. The van der Waals surface area contributed by atoms with Gasteiger partial charge >= 0.3 is 0 Å². The Balaban J connectivity index is 2.20. The number of rotatable bonds is 4. The summed E-state index contributed by atoms with van der Waals surface area (Å²) in [6.45, 7) is 0.492. The summed E-state index contributed by atoms with van der Waals surface area (Å²) in [4.78, 5) is 18.2. The van der Waals surface area contributed by atoms with Crippen LogP contribution in [0.4, 0.5) is 0 Å². The van der Waals surface area contributed by atoms with Crippen molar-refractivity contribution in [3.05, 3.63) is 30.4 Å². The molecule has 2 heterocycles. The fourth-order valence-corrected chi connectivity index (χ4v) is 1.68. The summed E-state index contributed by atoms with van der Waals surface area (Å²) < 4.78 is 1.61. The molecule has 0 saturated carbocycles. The molecular formula is C11H13N5OS. The maximum absolute atomic E-state index is 12.2. The minimum Gasteiger partial charge on any atom is -0.393 e. The van der Waals surface area contributed by atoms with E-state index in [1.54, 1.807) is 35.1 Å². The number of carbonyl (C=O) groups is 1. The molecule has 0 fully saturated rings. The van der Waals surface area contributed by atoms with Crippen molar-refractivity contribution in [1.29, 1.82) is 0 Å². The van der Waals surface area contributed by atoms with Gasteiger partial charge in [0, 0.05) is 32.4 Å². The van der Waals surface area contributed by atoms with Crippen LogP contribution in [0.1, 0.15) is 16.8 Å². The fraction of sp³-hybridized carbons (Fsp3) is 0.273. The van der Waals surface area contributed by atoms with Crippen molar-refractivity contribution in [2.24, 2.45) is 5.73 Å². The molecule has 6 nitrogen and oxygen atoms in total. The number of carbonyl (C=O) groups excluding carboxylic acids is 1. The molecule has 7 heteroatoms.